The molecular formula is C15H15FO2. The van der Waals surface area contributed by atoms with Crippen LogP contribution in [0.3, 0.4) is 0 Å². The minimum absolute atomic E-state index is 0.0331. The molecular weight excluding hydrogens is 231 g/mol. The number of aryl methyl sites for hydroxylation is 2. The Hall–Kier alpha value is -1.90. The van der Waals surface area contributed by atoms with Crippen molar-refractivity contribution in [1.29, 1.82) is 0 Å². The van der Waals surface area contributed by atoms with E-state index in [1.54, 1.807) is 12.1 Å². The van der Waals surface area contributed by atoms with Crippen LogP contribution >= 0.6 is 0 Å². The van der Waals surface area contributed by atoms with Crippen LogP contribution in [0, 0.1) is 12.7 Å². The fourth-order valence-corrected chi connectivity index (χ4v) is 1.96. The summed E-state index contributed by atoms with van der Waals surface area (Å²) < 4.78 is 18.4. The Morgan fingerprint density at radius 2 is 2.11 bits per heavy atom. The third-order valence-electron chi connectivity index (χ3n) is 3.03. The van der Waals surface area contributed by atoms with Crippen LogP contribution in [0.1, 0.15) is 34.2 Å². The van der Waals surface area contributed by atoms with E-state index < -0.39 is 0 Å². The molecule has 0 fully saturated rings. The molecule has 2 rings (SSSR count). The quantitative estimate of drug-likeness (QED) is 0.770. The Bertz CT molecular complexity index is 570. The van der Waals surface area contributed by atoms with Gasteiger partial charge in [0.15, 0.2) is 5.78 Å². The highest BCUT2D eigenvalue weighted by atomic mass is 19.1. The van der Waals surface area contributed by atoms with Gasteiger partial charge in [-0.15, -0.1) is 0 Å². The number of benzene rings is 1. The normalized spacial score (nSPS) is 10.6. The second kappa shape index (κ2) is 5.17. The zero-order chi connectivity index (χ0) is 13.1. The zero-order valence-electron chi connectivity index (χ0n) is 10.5. The van der Waals surface area contributed by atoms with Gasteiger partial charge in [0.1, 0.15) is 11.6 Å². The fraction of sp³-hybridized carbons (Fsp3) is 0.267. The molecule has 0 N–H and O–H groups in total. The van der Waals surface area contributed by atoms with E-state index >= 15 is 0 Å². The highest BCUT2D eigenvalue weighted by Gasteiger charge is 2.15. The monoisotopic (exact) mass is 246 g/mol. The van der Waals surface area contributed by atoms with Gasteiger partial charge in [0, 0.05) is 12.8 Å². The largest absolute Gasteiger partial charge is 0.469 e. The molecule has 1 aromatic heterocycles. The van der Waals surface area contributed by atoms with Crippen molar-refractivity contribution in [1.82, 2.24) is 0 Å². The maximum atomic E-state index is 13.2. The molecule has 0 amide bonds. The molecule has 1 heterocycles. The molecule has 0 aliphatic heterocycles. The molecule has 0 saturated heterocycles. The van der Waals surface area contributed by atoms with E-state index in [0.29, 0.717) is 17.7 Å². The smallest absolute Gasteiger partial charge is 0.170 e. The van der Waals surface area contributed by atoms with Crippen molar-refractivity contribution in [3.63, 3.8) is 0 Å². The van der Waals surface area contributed by atoms with E-state index in [4.69, 9.17) is 4.42 Å². The number of carbonyl (C=O) groups is 1. The Labute approximate surface area is 105 Å². The van der Waals surface area contributed by atoms with Crippen molar-refractivity contribution in [3.05, 3.63) is 58.8 Å². The molecule has 3 heteroatoms. The van der Waals surface area contributed by atoms with Crippen LogP contribution in [0.25, 0.3) is 0 Å². The molecule has 1 aromatic carbocycles. The van der Waals surface area contributed by atoms with Gasteiger partial charge in [0.25, 0.3) is 0 Å². The highest BCUT2D eigenvalue weighted by molar-refractivity contribution is 5.98. The van der Waals surface area contributed by atoms with E-state index in [-0.39, 0.29) is 18.0 Å². The predicted octanol–water partition coefficient (Wildman–Crippen LogP) is 3.71. The lowest BCUT2D eigenvalue weighted by Gasteiger charge is -2.05. The van der Waals surface area contributed by atoms with Crippen LogP contribution in [0.5, 0.6) is 0 Å². The second-order valence-corrected chi connectivity index (χ2v) is 4.28. The summed E-state index contributed by atoms with van der Waals surface area (Å²) in [5.74, 6) is 0.342. The van der Waals surface area contributed by atoms with E-state index in [0.717, 1.165) is 11.1 Å². The number of halogens is 1. The standard InChI is InChI=1S/C15H15FO2/c1-3-15-13(6-7-18-15)14(17)9-11-8-12(16)5-4-10(11)2/h4-8H,3,9H2,1-2H3. The fourth-order valence-electron chi connectivity index (χ4n) is 1.96. The van der Waals surface area contributed by atoms with Gasteiger partial charge in [-0.25, -0.2) is 4.39 Å². The van der Waals surface area contributed by atoms with Crippen LogP contribution in [0.4, 0.5) is 4.39 Å². The molecule has 2 aromatic rings. The first-order valence-electron chi connectivity index (χ1n) is 5.96. The van der Waals surface area contributed by atoms with Gasteiger partial charge < -0.3 is 4.42 Å². The Kier molecular flexibility index (Phi) is 3.60. The van der Waals surface area contributed by atoms with Gasteiger partial charge >= 0.3 is 0 Å². The summed E-state index contributed by atoms with van der Waals surface area (Å²) in [6, 6.07) is 6.18. The first-order valence-corrected chi connectivity index (χ1v) is 5.96. The average Bonchev–Trinajstić information content (AvgIpc) is 2.82. The number of hydrogen-bond donors (Lipinski definition) is 0. The van der Waals surface area contributed by atoms with Crippen LogP contribution < -0.4 is 0 Å². The maximum Gasteiger partial charge on any atom is 0.170 e. The molecule has 0 unspecified atom stereocenters. The van der Waals surface area contributed by atoms with Gasteiger partial charge in [-0.1, -0.05) is 13.0 Å². The molecule has 0 atom stereocenters. The van der Waals surface area contributed by atoms with Gasteiger partial charge in [-0.2, -0.15) is 0 Å². The second-order valence-electron chi connectivity index (χ2n) is 4.28. The molecule has 94 valence electrons. The van der Waals surface area contributed by atoms with Crippen LogP contribution in [0.2, 0.25) is 0 Å². The molecule has 0 radical (unpaired) electrons. The minimum Gasteiger partial charge on any atom is -0.469 e. The van der Waals surface area contributed by atoms with Crippen molar-refractivity contribution in [2.24, 2.45) is 0 Å². The summed E-state index contributed by atoms with van der Waals surface area (Å²) in [5.41, 5.74) is 2.25. The number of carbonyl (C=O) groups excluding carboxylic acids is 1. The van der Waals surface area contributed by atoms with Crippen molar-refractivity contribution >= 4 is 5.78 Å². The van der Waals surface area contributed by atoms with Crippen molar-refractivity contribution in [3.8, 4) is 0 Å². The lowest BCUT2D eigenvalue weighted by Crippen LogP contribution is -2.06. The van der Waals surface area contributed by atoms with Crippen molar-refractivity contribution in [2.45, 2.75) is 26.7 Å². The lowest BCUT2D eigenvalue weighted by atomic mass is 9.99. The number of furan rings is 1. The van der Waals surface area contributed by atoms with E-state index in [1.165, 1.54) is 18.4 Å². The molecule has 0 spiro atoms. The number of Topliss-reactive ketones (excluding diaryl/α,β-unsaturated/α-hetero) is 1. The molecule has 0 aliphatic rings. The predicted molar refractivity (Wildman–Crippen MR) is 67.3 cm³/mol. The van der Waals surface area contributed by atoms with Gasteiger partial charge in [0.05, 0.1) is 11.8 Å². The first-order chi connectivity index (χ1) is 8.61. The summed E-state index contributed by atoms with van der Waals surface area (Å²) in [6.07, 6.45) is 2.40. The maximum absolute atomic E-state index is 13.2. The number of hydrogen-bond acceptors (Lipinski definition) is 2. The molecule has 0 aliphatic carbocycles. The minimum atomic E-state index is -0.314. The Balaban J connectivity index is 2.24. The van der Waals surface area contributed by atoms with Crippen molar-refractivity contribution < 1.29 is 13.6 Å². The summed E-state index contributed by atoms with van der Waals surface area (Å²) in [4.78, 5) is 12.1. The van der Waals surface area contributed by atoms with E-state index in [1.807, 2.05) is 13.8 Å². The van der Waals surface area contributed by atoms with Gasteiger partial charge in [-0.3, -0.25) is 4.79 Å². The SMILES string of the molecule is CCc1occc1C(=O)Cc1cc(F)ccc1C. The first kappa shape index (κ1) is 12.6. The molecule has 18 heavy (non-hydrogen) atoms. The lowest BCUT2D eigenvalue weighted by molar-refractivity contribution is 0.0991. The zero-order valence-corrected chi connectivity index (χ0v) is 10.5. The average molecular weight is 246 g/mol. The van der Waals surface area contributed by atoms with Gasteiger partial charge in [-0.05, 0) is 36.2 Å². The third kappa shape index (κ3) is 2.50. The molecule has 0 bridgehead atoms. The molecule has 2 nitrogen and oxygen atoms in total. The number of ketones is 1. The highest BCUT2D eigenvalue weighted by Crippen LogP contribution is 2.17. The topological polar surface area (TPSA) is 30.2 Å². The van der Waals surface area contributed by atoms with Crippen LogP contribution in [0.15, 0.2) is 34.9 Å². The summed E-state index contributed by atoms with van der Waals surface area (Å²) >= 11 is 0. The van der Waals surface area contributed by atoms with Gasteiger partial charge in [0.2, 0.25) is 0 Å². The van der Waals surface area contributed by atoms with Crippen LogP contribution in [-0.2, 0) is 12.8 Å². The summed E-state index contributed by atoms with van der Waals surface area (Å²) in [6.45, 7) is 3.81. The van der Waals surface area contributed by atoms with Crippen molar-refractivity contribution in [2.75, 3.05) is 0 Å². The summed E-state index contributed by atoms with van der Waals surface area (Å²) in [5, 5.41) is 0. The summed E-state index contributed by atoms with van der Waals surface area (Å²) in [7, 11) is 0. The van der Waals surface area contributed by atoms with E-state index in [2.05, 4.69) is 0 Å². The molecule has 0 saturated carbocycles. The number of rotatable bonds is 4. The third-order valence-corrected chi connectivity index (χ3v) is 3.03. The Morgan fingerprint density at radius 3 is 2.83 bits per heavy atom. The van der Waals surface area contributed by atoms with Crippen LogP contribution in [-0.4, -0.2) is 5.78 Å². The van der Waals surface area contributed by atoms with E-state index in [9.17, 15) is 9.18 Å². The Morgan fingerprint density at radius 1 is 1.33 bits per heavy atom.